The van der Waals surface area contributed by atoms with Gasteiger partial charge < -0.3 is 9.05 Å². The second-order valence-electron chi connectivity index (χ2n) is 10.5. The van der Waals surface area contributed by atoms with E-state index in [0.29, 0.717) is 49.9 Å². The van der Waals surface area contributed by atoms with Crippen LogP contribution in [-0.4, -0.2) is 15.9 Å². The van der Waals surface area contributed by atoms with Gasteiger partial charge in [0.2, 0.25) is 0 Å². The van der Waals surface area contributed by atoms with E-state index in [2.05, 4.69) is 61.2 Å². The fourth-order valence-electron chi connectivity index (χ4n) is 6.84. The topological polar surface area (TPSA) is 90.0 Å². The number of nitrogens with zero attached hydrogens (tertiary/aromatic N) is 7. The molecule has 7 nitrogen and oxygen atoms in total. The lowest BCUT2D eigenvalue weighted by Gasteiger charge is -2.28. The van der Waals surface area contributed by atoms with Gasteiger partial charge in [0.15, 0.2) is 11.4 Å². The Bertz CT molecular complexity index is 2550. The summed E-state index contributed by atoms with van der Waals surface area (Å²) in [6.45, 7) is 14.9. The molecule has 0 radical (unpaired) electrons. The molecule has 0 fully saturated rings. The Morgan fingerprint density at radius 3 is 2.07 bits per heavy atom. The molecular formula is C35H14BN7. The lowest BCUT2D eigenvalue weighted by molar-refractivity contribution is 1.18. The van der Waals surface area contributed by atoms with Crippen molar-refractivity contribution in [3.63, 3.8) is 0 Å². The zero-order chi connectivity index (χ0) is 29.4. The fraction of sp³-hybridized carbons (Fsp3) is 0. The van der Waals surface area contributed by atoms with Gasteiger partial charge in [-0.05, 0) is 52.7 Å². The molecule has 0 bridgehead atoms. The van der Waals surface area contributed by atoms with Gasteiger partial charge in [-0.1, -0.05) is 48.5 Å². The van der Waals surface area contributed by atoms with Crippen molar-refractivity contribution >= 4 is 72.8 Å². The van der Waals surface area contributed by atoms with Crippen molar-refractivity contribution < 1.29 is 0 Å². The van der Waals surface area contributed by atoms with Crippen molar-refractivity contribution in [2.75, 3.05) is 0 Å². The van der Waals surface area contributed by atoms with E-state index in [-0.39, 0.29) is 0 Å². The summed E-state index contributed by atoms with van der Waals surface area (Å²) in [5.74, 6) is 0. The monoisotopic (exact) mass is 543 g/mol. The maximum atomic E-state index is 10.4. The number of hydrogen-bond acceptors (Lipinski definition) is 3. The Labute approximate surface area is 245 Å². The Morgan fingerprint density at radius 2 is 1.33 bits per heavy atom. The van der Waals surface area contributed by atoms with E-state index >= 15 is 0 Å². The minimum Gasteiger partial charge on any atom is -0.374 e. The van der Waals surface area contributed by atoms with Crippen LogP contribution in [0.15, 0.2) is 84.9 Å². The number of hydrogen-bond donors (Lipinski definition) is 0. The zero-order valence-corrected chi connectivity index (χ0v) is 22.3. The Hall–Kier alpha value is -6.79. The summed E-state index contributed by atoms with van der Waals surface area (Å²) in [7, 11) is 0. The van der Waals surface area contributed by atoms with Crippen LogP contribution in [0.1, 0.15) is 16.7 Å². The second-order valence-corrected chi connectivity index (χ2v) is 10.5. The van der Waals surface area contributed by atoms with Crippen molar-refractivity contribution in [2.24, 2.45) is 0 Å². The lowest BCUT2D eigenvalue weighted by Crippen LogP contribution is -2.53. The minimum absolute atomic E-state index is 0.311. The van der Waals surface area contributed by atoms with Gasteiger partial charge >= 0.3 is 6.85 Å². The van der Waals surface area contributed by atoms with Crippen LogP contribution < -0.4 is 10.9 Å². The second kappa shape index (κ2) is 8.61. The molecule has 1 aliphatic heterocycles. The van der Waals surface area contributed by atoms with Crippen LogP contribution in [0, 0.1) is 47.1 Å². The van der Waals surface area contributed by atoms with Crippen molar-refractivity contribution in [1.29, 1.82) is 15.8 Å². The molecule has 0 saturated carbocycles. The Balaban J connectivity index is 1.63. The number of fused-ring (bicyclic) bond motifs is 8. The van der Waals surface area contributed by atoms with Gasteiger partial charge in [0.05, 0.1) is 58.5 Å². The third-order valence-electron chi connectivity index (χ3n) is 8.43. The average molecular weight is 543 g/mol. The first-order valence-electron chi connectivity index (χ1n) is 13.4. The molecule has 3 heterocycles. The van der Waals surface area contributed by atoms with E-state index in [1.165, 1.54) is 0 Å². The van der Waals surface area contributed by atoms with Gasteiger partial charge in [0, 0.05) is 27.4 Å². The van der Waals surface area contributed by atoms with Crippen molar-refractivity contribution in [1.82, 2.24) is 9.05 Å². The smallest absolute Gasteiger partial charge is 0.332 e. The molecule has 0 amide bonds. The zero-order valence-electron chi connectivity index (χ0n) is 22.3. The summed E-state index contributed by atoms with van der Waals surface area (Å²) in [5.41, 5.74) is 7.82. The first kappa shape index (κ1) is 24.0. The summed E-state index contributed by atoms with van der Waals surface area (Å²) in [4.78, 5) is 7.29. The van der Waals surface area contributed by atoms with Crippen molar-refractivity contribution in [3.8, 4) is 23.9 Å². The average Bonchev–Trinajstić information content (AvgIpc) is 3.57. The van der Waals surface area contributed by atoms with Crippen LogP contribution in [-0.2, 0) is 0 Å². The predicted molar refractivity (Wildman–Crippen MR) is 167 cm³/mol. The number of benzene rings is 5. The molecule has 43 heavy (non-hydrogen) atoms. The van der Waals surface area contributed by atoms with E-state index < -0.39 is 6.85 Å². The summed E-state index contributed by atoms with van der Waals surface area (Å²) in [6, 6.07) is 33.4. The lowest BCUT2D eigenvalue weighted by atomic mass is 9.48. The molecule has 7 aromatic rings. The Morgan fingerprint density at radius 1 is 0.605 bits per heavy atom. The van der Waals surface area contributed by atoms with Gasteiger partial charge in [0.1, 0.15) is 6.07 Å². The molecule has 8 heteroatoms. The molecule has 1 aliphatic rings. The van der Waals surface area contributed by atoms with Crippen molar-refractivity contribution in [3.05, 3.63) is 124 Å². The van der Waals surface area contributed by atoms with Crippen LogP contribution in [0.25, 0.3) is 59.0 Å². The molecule has 0 spiro atoms. The summed E-state index contributed by atoms with van der Waals surface area (Å²) in [6.07, 6.45) is 0. The first-order chi connectivity index (χ1) is 21.1. The largest absolute Gasteiger partial charge is 0.374 e. The summed E-state index contributed by atoms with van der Waals surface area (Å²) in [5, 5.41) is 33.9. The number of nitriles is 3. The van der Waals surface area contributed by atoms with Gasteiger partial charge in [0.25, 0.3) is 0 Å². The molecule has 192 valence electrons. The van der Waals surface area contributed by atoms with Gasteiger partial charge in [-0.3, -0.25) is 0 Å². The van der Waals surface area contributed by atoms with Crippen LogP contribution in [0.5, 0.6) is 0 Å². The standard InChI is InChI=1S/C35H14BN7/c1-40-23-10-11-25-26-6-5-8-30-35(26)42(32(25)16-23)31-9-4-3-7-29(31)36(30)43-33-21(18-38)12-20(17-37)13-27(33)28-15-24(41-2)14-22(19-39)34(28)43/h3-16H. The van der Waals surface area contributed by atoms with E-state index in [1.54, 1.807) is 24.3 Å². The van der Waals surface area contributed by atoms with Crippen LogP contribution in [0.3, 0.4) is 0 Å². The molecule has 0 N–H and O–H groups in total. The van der Waals surface area contributed by atoms with Gasteiger partial charge in [-0.15, -0.1) is 0 Å². The summed E-state index contributed by atoms with van der Waals surface area (Å²) >= 11 is 0. The highest BCUT2D eigenvalue weighted by molar-refractivity contribution is 6.88. The van der Waals surface area contributed by atoms with E-state index in [9.17, 15) is 15.8 Å². The number of para-hydroxylation sites is 2. The molecule has 2 aromatic heterocycles. The molecule has 0 unspecified atom stereocenters. The molecule has 0 atom stereocenters. The minimum atomic E-state index is -0.442. The molecule has 5 aromatic carbocycles. The molecule has 0 saturated heterocycles. The van der Waals surface area contributed by atoms with E-state index in [4.69, 9.17) is 13.1 Å². The Kier molecular flexibility index (Phi) is 4.81. The normalized spacial score (nSPS) is 11.6. The summed E-state index contributed by atoms with van der Waals surface area (Å²) < 4.78 is 4.26. The highest BCUT2D eigenvalue weighted by Gasteiger charge is 2.37. The third-order valence-corrected chi connectivity index (χ3v) is 8.43. The van der Waals surface area contributed by atoms with Crippen LogP contribution in [0.4, 0.5) is 11.4 Å². The first-order valence-corrected chi connectivity index (χ1v) is 13.4. The highest BCUT2D eigenvalue weighted by Crippen LogP contribution is 2.40. The third kappa shape index (κ3) is 3.03. The van der Waals surface area contributed by atoms with Gasteiger partial charge in [-0.2, -0.15) is 15.8 Å². The molecule has 0 aliphatic carbocycles. The number of rotatable bonds is 1. The maximum Gasteiger partial charge on any atom is 0.332 e. The predicted octanol–water partition coefficient (Wildman–Crippen LogP) is 6.58. The van der Waals surface area contributed by atoms with Crippen molar-refractivity contribution in [2.45, 2.75) is 0 Å². The molecular weight excluding hydrogens is 529 g/mol. The maximum absolute atomic E-state index is 10.4. The number of aromatic nitrogens is 2. The quantitative estimate of drug-likeness (QED) is 0.173. The fourth-order valence-corrected chi connectivity index (χ4v) is 6.84. The van der Waals surface area contributed by atoms with Crippen LogP contribution in [0.2, 0.25) is 0 Å². The molecule has 8 rings (SSSR count). The van der Waals surface area contributed by atoms with Crippen LogP contribution >= 0.6 is 0 Å². The highest BCUT2D eigenvalue weighted by atomic mass is 15.0. The van der Waals surface area contributed by atoms with Gasteiger partial charge in [-0.25, -0.2) is 9.69 Å². The SMILES string of the molecule is [C-]#[N+]c1cc(C#N)c2c(c1)c1cc(C#N)cc(C#N)c1n2B1c2ccccc2-n2c3cc([N+]#[C-])ccc3c3cccc1c32. The van der Waals surface area contributed by atoms with E-state index in [0.717, 1.165) is 38.4 Å². The van der Waals surface area contributed by atoms with E-state index in [1.807, 2.05) is 36.4 Å².